The number of ether oxygens (including phenoxy) is 1. The number of hydrogen-bond donors (Lipinski definition) is 3. The number of benzene rings is 2. The minimum Gasteiger partial charge on any atom is -0.491 e. The van der Waals surface area contributed by atoms with E-state index in [0.29, 0.717) is 6.54 Å². The van der Waals surface area contributed by atoms with Crippen LogP contribution >= 0.6 is 0 Å². The van der Waals surface area contributed by atoms with Gasteiger partial charge < -0.3 is 20.3 Å². The lowest BCUT2D eigenvalue weighted by Gasteiger charge is -2.22. The van der Waals surface area contributed by atoms with Gasteiger partial charge in [-0.1, -0.05) is 42.5 Å². The van der Waals surface area contributed by atoms with Crippen molar-refractivity contribution >= 4 is 0 Å². The maximum atomic E-state index is 10.3. The Morgan fingerprint density at radius 2 is 1.78 bits per heavy atom. The molecule has 2 aromatic rings. The van der Waals surface area contributed by atoms with Gasteiger partial charge in [0.05, 0.1) is 6.10 Å². The molecule has 0 saturated carbocycles. The Labute approximate surface area is 137 Å². The van der Waals surface area contributed by atoms with Crippen LogP contribution < -0.4 is 10.1 Å². The second-order valence-electron chi connectivity index (χ2n) is 5.83. The van der Waals surface area contributed by atoms with Crippen molar-refractivity contribution in [1.29, 1.82) is 0 Å². The molecule has 0 saturated heterocycles. The van der Waals surface area contributed by atoms with E-state index < -0.39 is 12.2 Å². The van der Waals surface area contributed by atoms with Crippen molar-refractivity contribution in [3.05, 3.63) is 65.7 Å². The molecule has 0 aromatic heterocycles. The van der Waals surface area contributed by atoms with Gasteiger partial charge in [-0.15, -0.1) is 0 Å². The molecule has 0 amide bonds. The first-order valence-corrected chi connectivity index (χ1v) is 7.90. The van der Waals surface area contributed by atoms with Crippen LogP contribution in [0.4, 0.5) is 0 Å². The van der Waals surface area contributed by atoms with Gasteiger partial charge in [0.25, 0.3) is 0 Å². The van der Waals surface area contributed by atoms with E-state index in [0.717, 1.165) is 16.9 Å². The number of rotatable bonds is 8. The largest absolute Gasteiger partial charge is 0.491 e. The molecule has 0 aliphatic rings. The first-order chi connectivity index (χ1) is 11.1. The van der Waals surface area contributed by atoms with Crippen LogP contribution in [0.5, 0.6) is 5.75 Å². The van der Waals surface area contributed by atoms with E-state index in [1.54, 1.807) is 0 Å². The van der Waals surface area contributed by atoms with Crippen LogP contribution in [0, 0.1) is 6.92 Å². The summed E-state index contributed by atoms with van der Waals surface area (Å²) in [6.07, 6.45) is -1.25. The number of hydrogen-bond acceptors (Lipinski definition) is 4. The van der Waals surface area contributed by atoms with Crippen molar-refractivity contribution in [3.63, 3.8) is 0 Å². The fourth-order valence-electron chi connectivity index (χ4n) is 2.33. The molecule has 0 aliphatic carbocycles. The van der Waals surface area contributed by atoms with Gasteiger partial charge in [0.15, 0.2) is 0 Å². The molecule has 0 heterocycles. The lowest BCUT2D eigenvalue weighted by atomic mass is 10.0. The van der Waals surface area contributed by atoms with Crippen LogP contribution in [0.25, 0.3) is 0 Å². The molecule has 4 heteroatoms. The Hall–Kier alpha value is -1.88. The fourth-order valence-corrected chi connectivity index (χ4v) is 2.33. The zero-order valence-electron chi connectivity index (χ0n) is 13.6. The minimum absolute atomic E-state index is 0.161. The average molecular weight is 315 g/mol. The molecule has 124 valence electrons. The van der Waals surface area contributed by atoms with Gasteiger partial charge in [-0.3, -0.25) is 0 Å². The summed E-state index contributed by atoms with van der Waals surface area (Å²) in [6, 6.07) is 17.1. The Morgan fingerprint density at radius 1 is 1.04 bits per heavy atom. The Bertz CT molecular complexity index is 588. The molecule has 2 rings (SSSR count). The maximum absolute atomic E-state index is 10.3. The minimum atomic E-state index is -0.638. The summed E-state index contributed by atoms with van der Waals surface area (Å²) < 4.78 is 5.57. The number of aliphatic hydroxyl groups excluding tert-OH is 2. The van der Waals surface area contributed by atoms with Gasteiger partial charge in [-0.2, -0.15) is 0 Å². The van der Waals surface area contributed by atoms with Crippen LogP contribution in [-0.2, 0) is 0 Å². The number of aryl methyl sites for hydroxylation is 1. The molecule has 0 radical (unpaired) electrons. The lowest BCUT2D eigenvalue weighted by molar-refractivity contribution is 0.0876. The summed E-state index contributed by atoms with van der Waals surface area (Å²) in [5.74, 6) is 0.751. The topological polar surface area (TPSA) is 61.7 Å². The van der Waals surface area contributed by atoms with Crippen molar-refractivity contribution in [2.75, 3.05) is 13.2 Å². The van der Waals surface area contributed by atoms with Crippen LogP contribution in [0.1, 0.15) is 24.2 Å². The quantitative estimate of drug-likeness (QED) is 0.700. The first kappa shape index (κ1) is 17.5. The zero-order chi connectivity index (χ0) is 16.7. The molecule has 0 unspecified atom stereocenters. The third kappa shape index (κ3) is 5.67. The van der Waals surface area contributed by atoms with Crippen LogP contribution in [0.2, 0.25) is 0 Å². The van der Waals surface area contributed by atoms with E-state index in [-0.39, 0.29) is 12.6 Å². The number of nitrogens with one attached hydrogen (secondary N) is 1. The monoisotopic (exact) mass is 315 g/mol. The van der Waals surface area contributed by atoms with E-state index in [2.05, 4.69) is 5.32 Å². The highest BCUT2D eigenvalue weighted by atomic mass is 16.5. The molecule has 4 nitrogen and oxygen atoms in total. The average Bonchev–Trinajstić information content (AvgIpc) is 2.58. The second kappa shape index (κ2) is 8.67. The van der Waals surface area contributed by atoms with E-state index in [9.17, 15) is 10.2 Å². The smallest absolute Gasteiger partial charge is 0.119 e. The van der Waals surface area contributed by atoms with Crippen molar-refractivity contribution in [2.24, 2.45) is 0 Å². The second-order valence-corrected chi connectivity index (χ2v) is 5.83. The van der Waals surface area contributed by atoms with Gasteiger partial charge in [0.1, 0.15) is 18.5 Å². The molecule has 0 aliphatic heterocycles. The van der Waals surface area contributed by atoms with Gasteiger partial charge >= 0.3 is 0 Å². The van der Waals surface area contributed by atoms with Crippen LogP contribution in [-0.4, -0.2) is 35.5 Å². The summed E-state index contributed by atoms with van der Waals surface area (Å²) in [4.78, 5) is 0. The summed E-state index contributed by atoms with van der Waals surface area (Å²) >= 11 is 0. The molecular formula is C19H25NO3. The van der Waals surface area contributed by atoms with Gasteiger partial charge in [0, 0.05) is 12.6 Å². The first-order valence-electron chi connectivity index (χ1n) is 7.90. The third-order valence-corrected chi connectivity index (χ3v) is 3.72. The summed E-state index contributed by atoms with van der Waals surface area (Å²) in [7, 11) is 0. The van der Waals surface area contributed by atoms with E-state index in [1.807, 2.05) is 68.4 Å². The molecule has 0 spiro atoms. The molecule has 23 heavy (non-hydrogen) atoms. The highest BCUT2D eigenvalue weighted by Crippen LogP contribution is 2.16. The van der Waals surface area contributed by atoms with E-state index in [4.69, 9.17) is 4.74 Å². The predicted octanol–water partition coefficient (Wildman–Crippen LogP) is 2.45. The van der Waals surface area contributed by atoms with Crippen LogP contribution in [0.3, 0.4) is 0 Å². The van der Waals surface area contributed by atoms with Crippen molar-refractivity contribution in [3.8, 4) is 5.75 Å². The molecule has 3 N–H and O–H groups in total. The maximum Gasteiger partial charge on any atom is 0.119 e. The molecule has 2 aromatic carbocycles. The third-order valence-electron chi connectivity index (χ3n) is 3.72. The molecular weight excluding hydrogens is 290 g/mol. The molecule has 3 atom stereocenters. The SMILES string of the molecule is Cc1cccc(OC[C@H](O)CN[C@@H](C)[C@H](O)c2ccccc2)c1. The normalized spacial score (nSPS) is 15.0. The number of aliphatic hydroxyl groups is 2. The van der Waals surface area contributed by atoms with Crippen molar-refractivity contribution in [2.45, 2.75) is 32.1 Å². The summed E-state index contributed by atoms with van der Waals surface area (Å²) in [5, 5.41) is 23.4. The van der Waals surface area contributed by atoms with Gasteiger partial charge in [0.2, 0.25) is 0 Å². The Balaban J connectivity index is 1.74. The van der Waals surface area contributed by atoms with Crippen molar-refractivity contribution in [1.82, 2.24) is 5.32 Å². The Kier molecular flexibility index (Phi) is 6.59. The zero-order valence-corrected chi connectivity index (χ0v) is 13.6. The highest BCUT2D eigenvalue weighted by Gasteiger charge is 2.17. The summed E-state index contributed by atoms with van der Waals surface area (Å²) in [6.45, 7) is 4.46. The van der Waals surface area contributed by atoms with Crippen molar-refractivity contribution < 1.29 is 14.9 Å². The highest BCUT2D eigenvalue weighted by molar-refractivity contribution is 5.27. The van der Waals surface area contributed by atoms with E-state index in [1.165, 1.54) is 0 Å². The predicted molar refractivity (Wildman–Crippen MR) is 91.5 cm³/mol. The standard InChI is InChI=1S/C19H25NO3/c1-14-7-6-10-18(11-14)23-13-17(21)12-20-15(2)19(22)16-8-4-3-5-9-16/h3-11,15,17,19-22H,12-13H2,1-2H3/t15-,17+,19-/m0/s1. The van der Waals surface area contributed by atoms with E-state index >= 15 is 0 Å². The molecule has 0 fully saturated rings. The lowest BCUT2D eigenvalue weighted by Crippen LogP contribution is -2.39. The summed E-state index contributed by atoms with van der Waals surface area (Å²) in [5.41, 5.74) is 1.98. The van der Waals surface area contributed by atoms with Gasteiger partial charge in [-0.25, -0.2) is 0 Å². The fraction of sp³-hybridized carbons (Fsp3) is 0.368. The van der Waals surface area contributed by atoms with Gasteiger partial charge in [-0.05, 0) is 37.1 Å². The Morgan fingerprint density at radius 3 is 2.48 bits per heavy atom. The molecule has 0 bridgehead atoms. The van der Waals surface area contributed by atoms with Crippen LogP contribution in [0.15, 0.2) is 54.6 Å².